The molecule has 0 radical (unpaired) electrons. The molecular weight excluding hydrogens is 304 g/mol. The summed E-state index contributed by atoms with van der Waals surface area (Å²) in [5, 5.41) is 7.87. The van der Waals surface area contributed by atoms with Crippen molar-refractivity contribution in [3.8, 4) is 0 Å². The molecule has 128 valence electrons. The number of carbonyl (C=O) groups excluding carboxylic acids is 1. The van der Waals surface area contributed by atoms with Crippen molar-refractivity contribution < 1.29 is 13.6 Å². The molecule has 1 aromatic rings. The zero-order valence-electron chi connectivity index (χ0n) is 13.2. The van der Waals surface area contributed by atoms with Gasteiger partial charge in [0.2, 0.25) is 5.91 Å². The number of rotatable bonds is 4. The SMILES string of the molecule is O=C(C1CCN(CC(F)F)CC1)N1CCCC(n2ccnn2)C1. The summed E-state index contributed by atoms with van der Waals surface area (Å²) >= 11 is 0. The summed E-state index contributed by atoms with van der Waals surface area (Å²) in [6.07, 6.45) is 4.50. The molecule has 3 rings (SSSR count). The van der Waals surface area contributed by atoms with Crippen LogP contribution in [0.3, 0.4) is 0 Å². The molecule has 1 unspecified atom stereocenters. The van der Waals surface area contributed by atoms with Crippen LogP contribution in [-0.4, -0.2) is 69.9 Å². The predicted molar refractivity (Wildman–Crippen MR) is 80.0 cm³/mol. The van der Waals surface area contributed by atoms with Gasteiger partial charge in [0.15, 0.2) is 0 Å². The van der Waals surface area contributed by atoms with Gasteiger partial charge in [-0.1, -0.05) is 5.21 Å². The number of halogens is 2. The van der Waals surface area contributed by atoms with Gasteiger partial charge in [-0.15, -0.1) is 5.10 Å². The maximum absolute atomic E-state index is 12.7. The van der Waals surface area contributed by atoms with Crippen LogP contribution >= 0.6 is 0 Å². The van der Waals surface area contributed by atoms with Crippen LogP contribution in [0.5, 0.6) is 0 Å². The van der Waals surface area contributed by atoms with E-state index >= 15 is 0 Å². The third-order valence-corrected chi connectivity index (χ3v) is 4.86. The number of hydrogen-bond donors (Lipinski definition) is 0. The second-order valence-corrected chi connectivity index (χ2v) is 6.43. The van der Waals surface area contributed by atoms with E-state index in [1.807, 2.05) is 15.8 Å². The topological polar surface area (TPSA) is 54.3 Å². The van der Waals surface area contributed by atoms with E-state index in [-0.39, 0.29) is 24.4 Å². The Labute approximate surface area is 134 Å². The number of aromatic nitrogens is 3. The molecule has 0 saturated carbocycles. The van der Waals surface area contributed by atoms with E-state index in [9.17, 15) is 13.6 Å². The average Bonchev–Trinajstić information content (AvgIpc) is 3.09. The van der Waals surface area contributed by atoms with E-state index in [1.165, 1.54) is 0 Å². The molecule has 0 aliphatic carbocycles. The molecule has 0 spiro atoms. The maximum atomic E-state index is 12.7. The van der Waals surface area contributed by atoms with E-state index in [4.69, 9.17) is 0 Å². The van der Waals surface area contributed by atoms with Gasteiger partial charge in [-0.25, -0.2) is 13.5 Å². The Morgan fingerprint density at radius 1 is 1.22 bits per heavy atom. The Kier molecular flexibility index (Phi) is 5.20. The minimum Gasteiger partial charge on any atom is -0.340 e. The smallest absolute Gasteiger partial charge is 0.251 e. The highest BCUT2D eigenvalue weighted by Gasteiger charge is 2.32. The number of carbonyl (C=O) groups is 1. The van der Waals surface area contributed by atoms with E-state index in [1.54, 1.807) is 11.1 Å². The summed E-state index contributed by atoms with van der Waals surface area (Å²) in [6, 6.07) is 0.189. The quantitative estimate of drug-likeness (QED) is 0.839. The summed E-state index contributed by atoms with van der Waals surface area (Å²) in [7, 11) is 0. The van der Waals surface area contributed by atoms with E-state index < -0.39 is 6.43 Å². The Hall–Kier alpha value is -1.57. The van der Waals surface area contributed by atoms with E-state index in [2.05, 4.69) is 10.3 Å². The molecule has 0 N–H and O–H groups in total. The molecular formula is C15H23F2N5O. The van der Waals surface area contributed by atoms with Crippen LogP contribution in [0.15, 0.2) is 12.4 Å². The molecule has 23 heavy (non-hydrogen) atoms. The van der Waals surface area contributed by atoms with Gasteiger partial charge < -0.3 is 4.90 Å². The van der Waals surface area contributed by atoms with Crippen molar-refractivity contribution in [1.82, 2.24) is 24.8 Å². The summed E-state index contributed by atoms with van der Waals surface area (Å²) in [5.41, 5.74) is 0. The van der Waals surface area contributed by atoms with Gasteiger partial charge in [-0.3, -0.25) is 9.69 Å². The maximum Gasteiger partial charge on any atom is 0.251 e. The highest BCUT2D eigenvalue weighted by atomic mass is 19.3. The van der Waals surface area contributed by atoms with Gasteiger partial charge in [0, 0.05) is 25.2 Å². The first-order valence-electron chi connectivity index (χ1n) is 8.28. The van der Waals surface area contributed by atoms with Crippen molar-refractivity contribution in [2.45, 2.75) is 38.2 Å². The van der Waals surface area contributed by atoms with Gasteiger partial charge in [0.1, 0.15) is 0 Å². The van der Waals surface area contributed by atoms with Crippen LogP contribution in [0.1, 0.15) is 31.7 Å². The normalized spacial score (nSPS) is 24.3. The fourth-order valence-corrected chi connectivity index (χ4v) is 3.60. The fraction of sp³-hybridized carbons (Fsp3) is 0.800. The highest BCUT2D eigenvalue weighted by Crippen LogP contribution is 2.25. The Morgan fingerprint density at radius 3 is 2.65 bits per heavy atom. The number of likely N-dealkylation sites (tertiary alicyclic amines) is 2. The minimum absolute atomic E-state index is 0.0292. The minimum atomic E-state index is -2.30. The molecule has 1 atom stereocenters. The van der Waals surface area contributed by atoms with Crippen molar-refractivity contribution in [3.05, 3.63) is 12.4 Å². The molecule has 8 heteroatoms. The standard InChI is InChI=1S/C15H23F2N5O/c16-14(17)11-20-7-3-12(4-8-20)15(23)21-6-1-2-13(10-21)22-9-5-18-19-22/h5,9,12-14H,1-4,6-8,10-11H2. The van der Waals surface area contributed by atoms with Gasteiger partial charge in [0.05, 0.1) is 18.8 Å². The molecule has 0 aromatic carbocycles. The van der Waals surface area contributed by atoms with E-state index in [0.29, 0.717) is 32.5 Å². The Balaban J connectivity index is 1.52. The van der Waals surface area contributed by atoms with Crippen LogP contribution in [-0.2, 0) is 4.79 Å². The van der Waals surface area contributed by atoms with Gasteiger partial charge >= 0.3 is 0 Å². The first kappa shape index (κ1) is 16.3. The highest BCUT2D eigenvalue weighted by molar-refractivity contribution is 5.79. The van der Waals surface area contributed by atoms with Crippen molar-refractivity contribution >= 4 is 5.91 Å². The molecule has 2 fully saturated rings. The van der Waals surface area contributed by atoms with Crippen molar-refractivity contribution in [2.24, 2.45) is 5.92 Å². The summed E-state index contributed by atoms with van der Waals surface area (Å²) < 4.78 is 26.7. The number of amides is 1. The zero-order chi connectivity index (χ0) is 16.2. The lowest BCUT2D eigenvalue weighted by Gasteiger charge is -2.37. The molecule has 1 amide bonds. The van der Waals surface area contributed by atoms with Crippen LogP contribution in [0.4, 0.5) is 8.78 Å². The molecule has 3 heterocycles. The number of alkyl halides is 2. The molecule has 0 bridgehead atoms. The summed E-state index contributed by atoms with van der Waals surface area (Å²) in [6.45, 7) is 2.43. The first-order chi connectivity index (χ1) is 11.1. The molecule has 2 saturated heterocycles. The van der Waals surface area contributed by atoms with Crippen LogP contribution in [0.2, 0.25) is 0 Å². The monoisotopic (exact) mass is 327 g/mol. The van der Waals surface area contributed by atoms with Gasteiger partial charge in [-0.2, -0.15) is 0 Å². The zero-order valence-corrected chi connectivity index (χ0v) is 13.2. The number of nitrogens with zero attached hydrogens (tertiary/aromatic N) is 5. The van der Waals surface area contributed by atoms with E-state index in [0.717, 1.165) is 19.4 Å². The summed E-state index contributed by atoms with van der Waals surface area (Å²) in [5.74, 6) is 0.143. The Bertz CT molecular complexity index is 502. The lowest BCUT2D eigenvalue weighted by molar-refractivity contribution is -0.139. The second kappa shape index (κ2) is 7.33. The van der Waals surface area contributed by atoms with Crippen molar-refractivity contribution in [1.29, 1.82) is 0 Å². The van der Waals surface area contributed by atoms with Gasteiger partial charge in [0.25, 0.3) is 6.43 Å². The lowest BCUT2D eigenvalue weighted by Crippen LogP contribution is -2.47. The van der Waals surface area contributed by atoms with Crippen molar-refractivity contribution in [2.75, 3.05) is 32.7 Å². The number of piperidine rings is 2. The molecule has 1 aromatic heterocycles. The number of hydrogen-bond acceptors (Lipinski definition) is 4. The van der Waals surface area contributed by atoms with Crippen LogP contribution in [0.25, 0.3) is 0 Å². The van der Waals surface area contributed by atoms with Gasteiger partial charge in [-0.05, 0) is 38.8 Å². The van der Waals surface area contributed by atoms with Crippen molar-refractivity contribution in [3.63, 3.8) is 0 Å². The Morgan fingerprint density at radius 2 is 2.00 bits per heavy atom. The molecule has 6 nitrogen and oxygen atoms in total. The summed E-state index contributed by atoms with van der Waals surface area (Å²) in [4.78, 5) is 16.4. The first-order valence-corrected chi connectivity index (χ1v) is 8.28. The average molecular weight is 327 g/mol. The van der Waals surface area contributed by atoms with Crippen LogP contribution in [0, 0.1) is 5.92 Å². The largest absolute Gasteiger partial charge is 0.340 e. The molecule has 2 aliphatic heterocycles. The fourth-order valence-electron chi connectivity index (χ4n) is 3.60. The third kappa shape index (κ3) is 4.04. The lowest BCUT2D eigenvalue weighted by atomic mass is 9.94. The predicted octanol–water partition coefficient (Wildman–Crippen LogP) is 1.42. The second-order valence-electron chi connectivity index (χ2n) is 6.43. The molecule has 2 aliphatic rings. The van der Waals surface area contributed by atoms with Crippen LogP contribution < -0.4 is 0 Å². The third-order valence-electron chi connectivity index (χ3n) is 4.86.